The number of halogens is 1. The average Bonchev–Trinajstić information content (AvgIpc) is 3.02. The normalized spacial score (nSPS) is 12.2. The highest BCUT2D eigenvalue weighted by atomic mass is 79.9. The van der Waals surface area contributed by atoms with Crippen LogP contribution in [0.25, 0.3) is 0 Å². The van der Waals surface area contributed by atoms with Gasteiger partial charge in [-0.3, -0.25) is 13.9 Å². The predicted octanol–water partition coefficient (Wildman–Crippen LogP) is 6.60. The molecule has 8 nitrogen and oxygen atoms in total. The maximum atomic E-state index is 14.7. The van der Waals surface area contributed by atoms with Crippen LogP contribution in [-0.4, -0.2) is 49.9 Å². The molecule has 0 saturated carbocycles. The minimum atomic E-state index is -4.24. The number of nitrogens with one attached hydrogen (secondary N) is 1. The number of hydrogen-bond acceptors (Lipinski definition) is 5. The lowest BCUT2D eigenvalue weighted by Gasteiger charge is -2.35. The Hall–Kier alpha value is -4.15. The van der Waals surface area contributed by atoms with Crippen molar-refractivity contribution in [1.29, 1.82) is 0 Å². The summed E-state index contributed by atoms with van der Waals surface area (Å²) in [5, 5.41) is 3.05. The van der Waals surface area contributed by atoms with E-state index < -0.39 is 34.1 Å². The molecule has 1 N–H and O–H groups in total. The lowest BCUT2D eigenvalue weighted by atomic mass is 10.0. The summed E-state index contributed by atoms with van der Waals surface area (Å²) >= 11 is 3.51. The molecule has 0 fully saturated rings. The molecule has 0 radical (unpaired) electrons. The van der Waals surface area contributed by atoms with E-state index >= 15 is 0 Å². The molecule has 10 heteroatoms. The average molecular weight is 707 g/mol. The number of carbonyl (C=O) groups is 2. The molecular formula is C36H40BrN3O5S. The third-order valence-corrected chi connectivity index (χ3v) is 9.32. The predicted molar refractivity (Wildman–Crippen MR) is 185 cm³/mol. The number of amides is 2. The Morgan fingerprint density at radius 1 is 0.848 bits per heavy atom. The summed E-state index contributed by atoms with van der Waals surface area (Å²) in [4.78, 5) is 30.2. The van der Waals surface area contributed by atoms with Crippen molar-refractivity contribution in [3.63, 3.8) is 0 Å². The molecular weight excluding hydrogens is 666 g/mol. The van der Waals surface area contributed by atoms with Crippen molar-refractivity contribution >= 4 is 43.5 Å². The van der Waals surface area contributed by atoms with Gasteiger partial charge in [-0.25, -0.2) is 8.42 Å². The van der Waals surface area contributed by atoms with Crippen molar-refractivity contribution in [2.75, 3.05) is 17.5 Å². The quantitative estimate of drug-likeness (QED) is 0.169. The van der Waals surface area contributed by atoms with Crippen LogP contribution in [0.15, 0.2) is 119 Å². The fourth-order valence-corrected chi connectivity index (χ4v) is 6.91. The Labute approximate surface area is 280 Å². The van der Waals surface area contributed by atoms with Gasteiger partial charge in [-0.2, -0.15) is 0 Å². The standard InChI is InChI=1S/C36H40BrN3O5S/c1-5-45-33-22-13-12-21-31(33)40(46(43,44)30-19-10-7-11-20-30)26-34(41)39(25-28-17-14-18-29(37)23-28)32(35(42)38-36(2,3)4)24-27-15-8-6-9-16-27/h6-23,32H,5,24-26H2,1-4H3,(H,38,42)/t32-/m0/s1. The third-order valence-electron chi connectivity index (χ3n) is 7.06. The molecule has 1 atom stereocenters. The summed E-state index contributed by atoms with van der Waals surface area (Å²) in [6.45, 7) is 7.24. The molecule has 0 unspecified atom stereocenters. The van der Waals surface area contributed by atoms with Crippen LogP contribution in [0, 0.1) is 0 Å². The van der Waals surface area contributed by atoms with Crippen LogP contribution >= 0.6 is 15.9 Å². The van der Waals surface area contributed by atoms with Crippen molar-refractivity contribution in [1.82, 2.24) is 10.2 Å². The smallest absolute Gasteiger partial charge is 0.264 e. The second kappa shape index (κ2) is 15.4. The SMILES string of the molecule is CCOc1ccccc1N(CC(=O)N(Cc1cccc(Br)c1)[C@@H](Cc1ccccc1)C(=O)NC(C)(C)C)S(=O)(=O)c1ccccc1. The monoisotopic (exact) mass is 705 g/mol. The van der Waals surface area contributed by atoms with E-state index in [2.05, 4.69) is 21.2 Å². The van der Waals surface area contributed by atoms with Crippen molar-refractivity contribution in [3.8, 4) is 5.75 Å². The van der Waals surface area contributed by atoms with Gasteiger partial charge in [-0.15, -0.1) is 0 Å². The van der Waals surface area contributed by atoms with Gasteiger partial charge < -0.3 is 15.0 Å². The van der Waals surface area contributed by atoms with Crippen molar-refractivity contribution in [3.05, 3.63) is 125 Å². The van der Waals surface area contributed by atoms with Crippen LogP contribution in [0.2, 0.25) is 0 Å². The van der Waals surface area contributed by atoms with Gasteiger partial charge in [-0.05, 0) is 75.2 Å². The van der Waals surface area contributed by atoms with E-state index in [4.69, 9.17) is 4.74 Å². The van der Waals surface area contributed by atoms with Gasteiger partial charge in [0.15, 0.2) is 0 Å². The molecule has 4 aromatic carbocycles. The number of hydrogen-bond donors (Lipinski definition) is 1. The van der Waals surface area contributed by atoms with Crippen LogP contribution in [0.4, 0.5) is 5.69 Å². The van der Waals surface area contributed by atoms with E-state index in [0.29, 0.717) is 12.4 Å². The number of benzene rings is 4. The number of ether oxygens (including phenoxy) is 1. The summed E-state index contributed by atoms with van der Waals surface area (Å²) < 4.78 is 36.2. The first-order valence-electron chi connectivity index (χ1n) is 15.1. The second-order valence-corrected chi connectivity index (χ2v) is 14.6. The van der Waals surface area contributed by atoms with E-state index in [0.717, 1.165) is 19.9 Å². The molecule has 0 aliphatic heterocycles. The maximum absolute atomic E-state index is 14.7. The van der Waals surface area contributed by atoms with E-state index in [-0.39, 0.29) is 29.5 Å². The number of rotatable bonds is 13. The minimum absolute atomic E-state index is 0.0268. The van der Waals surface area contributed by atoms with Gasteiger partial charge >= 0.3 is 0 Å². The van der Waals surface area contributed by atoms with Gasteiger partial charge in [0, 0.05) is 23.0 Å². The van der Waals surface area contributed by atoms with E-state index in [1.165, 1.54) is 17.0 Å². The molecule has 0 spiro atoms. The first-order chi connectivity index (χ1) is 21.9. The van der Waals surface area contributed by atoms with Crippen LogP contribution in [0.3, 0.4) is 0 Å². The summed E-state index contributed by atoms with van der Waals surface area (Å²) in [5.41, 5.74) is 1.29. The zero-order valence-corrected chi connectivity index (χ0v) is 28.9. The number of nitrogens with zero attached hydrogens (tertiary/aromatic N) is 2. The molecule has 4 aromatic rings. The fraction of sp³-hybridized carbons (Fsp3) is 0.278. The van der Waals surface area contributed by atoms with Crippen molar-refractivity contribution < 1.29 is 22.7 Å². The Bertz CT molecular complexity index is 1730. The number of anilines is 1. The molecule has 0 aliphatic rings. The van der Waals surface area contributed by atoms with Gasteiger partial charge in [0.05, 0.1) is 17.2 Å². The topological polar surface area (TPSA) is 96.0 Å². The Balaban J connectivity index is 1.85. The number of para-hydroxylation sites is 2. The van der Waals surface area contributed by atoms with E-state index in [1.54, 1.807) is 49.4 Å². The minimum Gasteiger partial charge on any atom is -0.492 e. The van der Waals surface area contributed by atoms with E-state index in [9.17, 15) is 18.0 Å². The molecule has 0 bridgehead atoms. The van der Waals surface area contributed by atoms with Crippen LogP contribution in [0.1, 0.15) is 38.8 Å². The molecule has 0 heterocycles. The highest BCUT2D eigenvalue weighted by Crippen LogP contribution is 2.33. The molecule has 0 aliphatic carbocycles. The van der Waals surface area contributed by atoms with Crippen molar-refractivity contribution in [2.24, 2.45) is 0 Å². The van der Waals surface area contributed by atoms with Gasteiger partial charge in [0.2, 0.25) is 11.8 Å². The Morgan fingerprint density at radius 2 is 1.46 bits per heavy atom. The summed E-state index contributed by atoms with van der Waals surface area (Å²) in [7, 11) is -4.24. The molecule has 242 valence electrons. The lowest BCUT2D eigenvalue weighted by Crippen LogP contribution is -2.56. The van der Waals surface area contributed by atoms with Gasteiger partial charge in [0.1, 0.15) is 18.3 Å². The Kier molecular flexibility index (Phi) is 11.6. The summed E-state index contributed by atoms with van der Waals surface area (Å²) in [6, 6.07) is 30.7. The first-order valence-corrected chi connectivity index (χ1v) is 17.3. The number of sulfonamides is 1. The highest BCUT2D eigenvalue weighted by molar-refractivity contribution is 9.10. The van der Waals surface area contributed by atoms with Crippen molar-refractivity contribution in [2.45, 2.75) is 57.1 Å². The fourth-order valence-electron chi connectivity index (χ4n) is 5.01. The van der Waals surface area contributed by atoms with Crippen LogP contribution in [0.5, 0.6) is 5.75 Å². The second-order valence-electron chi connectivity index (χ2n) is 11.8. The van der Waals surface area contributed by atoms with Crippen LogP contribution in [-0.2, 0) is 32.6 Å². The lowest BCUT2D eigenvalue weighted by molar-refractivity contribution is -0.140. The zero-order chi connectivity index (χ0) is 33.3. The van der Waals surface area contributed by atoms with Gasteiger partial charge in [-0.1, -0.05) is 88.7 Å². The summed E-state index contributed by atoms with van der Waals surface area (Å²) in [6.07, 6.45) is 0.226. The molecule has 0 aromatic heterocycles. The summed E-state index contributed by atoms with van der Waals surface area (Å²) in [5.74, 6) is -0.565. The number of carbonyl (C=O) groups excluding carboxylic acids is 2. The highest BCUT2D eigenvalue weighted by Gasteiger charge is 2.36. The molecule has 0 saturated heterocycles. The molecule has 2 amide bonds. The van der Waals surface area contributed by atoms with Crippen LogP contribution < -0.4 is 14.4 Å². The van der Waals surface area contributed by atoms with Gasteiger partial charge in [0.25, 0.3) is 10.0 Å². The molecule has 46 heavy (non-hydrogen) atoms. The maximum Gasteiger partial charge on any atom is 0.264 e. The zero-order valence-electron chi connectivity index (χ0n) is 26.5. The largest absolute Gasteiger partial charge is 0.492 e. The molecule has 4 rings (SSSR count). The van der Waals surface area contributed by atoms with E-state index in [1.807, 2.05) is 75.4 Å². The first kappa shape index (κ1) is 34.7. The third kappa shape index (κ3) is 9.20. The Morgan fingerprint density at radius 3 is 2.09 bits per heavy atom.